The van der Waals surface area contributed by atoms with Crippen LogP contribution in [-0.2, 0) is 11.3 Å². The van der Waals surface area contributed by atoms with Crippen molar-refractivity contribution in [3.05, 3.63) is 53.1 Å². The van der Waals surface area contributed by atoms with Gasteiger partial charge in [-0.3, -0.25) is 9.69 Å². The molecule has 0 saturated carbocycles. The van der Waals surface area contributed by atoms with Gasteiger partial charge < -0.3 is 10.1 Å². The van der Waals surface area contributed by atoms with E-state index in [1.807, 2.05) is 42.5 Å². The van der Waals surface area contributed by atoms with Gasteiger partial charge in [0.05, 0.1) is 12.2 Å². The van der Waals surface area contributed by atoms with Crippen LogP contribution in [0, 0.1) is 12.3 Å². The molecule has 116 valence electrons. The number of hydrogen-bond donors (Lipinski definition) is 1. The van der Waals surface area contributed by atoms with Crippen molar-refractivity contribution in [1.82, 2.24) is 0 Å². The minimum atomic E-state index is -0.127. The van der Waals surface area contributed by atoms with E-state index in [2.05, 4.69) is 11.2 Å². The number of anilines is 2. The van der Waals surface area contributed by atoms with E-state index in [4.69, 9.17) is 22.8 Å². The molecule has 5 heteroatoms. The molecule has 0 unspecified atom stereocenters. The average molecular weight is 327 g/mol. The summed E-state index contributed by atoms with van der Waals surface area (Å²) >= 11 is 5.88. The molecule has 1 aliphatic heterocycles. The predicted octanol–water partition coefficient (Wildman–Crippen LogP) is 3.31. The summed E-state index contributed by atoms with van der Waals surface area (Å²) in [5.74, 6) is 3.02. The smallest absolute Gasteiger partial charge is 0.265 e. The summed E-state index contributed by atoms with van der Waals surface area (Å²) in [6, 6.07) is 13.3. The van der Waals surface area contributed by atoms with Gasteiger partial charge in [-0.2, -0.15) is 0 Å². The summed E-state index contributed by atoms with van der Waals surface area (Å²) in [5, 5.41) is 4.04. The van der Waals surface area contributed by atoms with E-state index in [-0.39, 0.29) is 19.1 Å². The zero-order chi connectivity index (χ0) is 16.2. The highest BCUT2D eigenvalue weighted by atomic mass is 35.5. The van der Waals surface area contributed by atoms with Gasteiger partial charge in [-0.1, -0.05) is 29.7 Å². The van der Waals surface area contributed by atoms with Crippen LogP contribution in [0.1, 0.15) is 5.56 Å². The predicted molar refractivity (Wildman–Crippen MR) is 91.9 cm³/mol. The maximum absolute atomic E-state index is 11.8. The second kappa shape index (κ2) is 6.64. The second-order valence-corrected chi connectivity index (χ2v) is 5.57. The number of ether oxygens (including phenoxy) is 1. The number of carbonyl (C=O) groups excluding carboxylic acids is 1. The fraction of sp³-hybridized carbons (Fsp3) is 0.167. The number of rotatable bonds is 4. The van der Waals surface area contributed by atoms with E-state index < -0.39 is 0 Å². The monoisotopic (exact) mass is 326 g/mol. The van der Waals surface area contributed by atoms with Crippen LogP contribution in [0.4, 0.5) is 11.4 Å². The molecule has 0 spiro atoms. The molecule has 3 rings (SSSR count). The first-order valence-electron chi connectivity index (χ1n) is 7.16. The Morgan fingerprint density at radius 2 is 2.04 bits per heavy atom. The number of nitrogens with one attached hydrogen (secondary N) is 1. The highest BCUT2D eigenvalue weighted by Crippen LogP contribution is 2.34. The molecular weight excluding hydrogens is 312 g/mol. The molecule has 1 heterocycles. The molecule has 4 nitrogen and oxygen atoms in total. The quantitative estimate of drug-likeness (QED) is 0.876. The van der Waals surface area contributed by atoms with Gasteiger partial charge in [0.25, 0.3) is 5.91 Å². The van der Waals surface area contributed by atoms with Crippen molar-refractivity contribution in [2.75, 3.05) is 23.4 Å². The fourth-order valence-electron chi connectivity index (χ4n) is 2.39. The molecule has 0 radical (unpaired) electrons. The minimum Gasteiger partial charge on any atom is -0.481 e. The highest BCUT2D eigenvalue weighted by Gasteiger charge is 2.24. The first-order valence-corrected chi connectivity index (χ1v) is 7.54. The number of carbonyl (C=O) groups is 1. The van der Waals surface area contributed by atoms with E-state index in [9.17, 15) is 4.79 Å². The Morgan fingerprint density at radius 3 is 2.78 bits per heavy atom. The lowest BCUT2D eigenvalue weighted by molar-refractivity contribution is -0.121. The van der Waals surface area contributed by atoms with Gasteiger partial charge in [0, 0.05) is 23.3 Å². The van der Waals surface area contributed by atoms with Gasteiger partial charge in [-0.05, 0) is 29.8 Å². The van der Waals surface area contributed by atoms with Gasteiger partial charge in [0.15, 0.2) is 6.61 Å². The zero-order valence-corrected chi connectivity index (χ0v) is 13.1. The minimum absolute atomic E-state index is 0.00924. The van der Waals surface area contributed by atoms with Crippen molar-refractivity contribution >= 4 is 28.9 Å². The van der Waals surface area contributed by atoms with Crippen LogP contribution in [0.15, 0.2) is 42.5 Å². The maximum atomic E-state index is 11.8. The van der Waals surface area contributed by atoms with E-state index in [0.717, 1.165) is 11.3 Å². The summed E-state index contributed by atoms with van der Waals surface area (Å²) in [6.07, 6.45) is 5.32. The zero-order valence-electron chi connectivity index (χ0n) is 12.4. The van der Waals surface area contributed by atoms with Gasteiger partial charge in [0.2, 0.25) is 0 Å². The SMILES string of the molecule is C#CCN1C(=O)COc2cc(NCc3ccc(Cl)cc3)ccc21. The van der Waals surface area contributed by atoms with Gasteiger partial charge in [-0.15, -0.1) is 6.42 Å². The Kier molecular flexibility index (Phi) is 4.40. The Bertz CT molecular complexity index is 766. The van der Waals surface area contributed by atoms with Gasteiger partial charge >= 0.3 is 0 Å². The fourth-order valence-corrected chi connectivity index (χ4v) is 2.51. The molecule has 0 saturated heterocycles. The third kappa shape index (κ3) is 3.41. The van der Waals surface area contributed by atoms with Crippen LogP contribution in [0.25, 0.3) is 0 Å². The Morgan fingerprint density at radius 1 is 1.26 bits per heavy atom. The lowest BCUT2D eigenvalue weighted by atomic mass is 10.2. The van der Waals surface area contributed by atoms with Crippen molar-refractivity contribution in [3.63, 3.8) is 0 Å². The van der Waals surface area contributed by atoms with Crippen molar-refractivity contribution in [3.8, 4) is 18.1 Å². The number of nitrogens with zero attached hydrogens (tertiary/aromatic N) is 1. The van der Waals surface area contributed by atoms with E-state index in [0.29, 0.717) is 23.0 Å². The highest BCUT2D eigenvalue weighted by molar-refractivity contribution is 6.30. The number of fused-ring (bicyclic) bond motifs is 1. The van der Waals surface area contributed by atoms with Gasteiger partial charge in [-0.25, -0.2) is 0 Å². The summed E-state index contributed by atoms with van der Waals surface area (Å²) < 4.78 is 5.50. The number of benzene rings is 2. The normalized spacial score (nSPS) is 13.0. The van der Waals surface area contributed by atoms with Crippen molar-refractivity contribution in [2.45, 2.75) is 6.54 Å². The lowest BCUT2D eigenvalue weighted by Crippen LogP contribution is -2.38. The number of halogens is 1. The van der Waals surface area contributed by atoms with Crippen LogP contribution >= 0.6 is 11.6 Å². The molecular formula is C18H15ClN2O2. The molecule has 0 fully saturated rings. The van der Waals surface area contributed by atoms with Crippen LogP contribution in [0.5, 0.6) is 5.75 Å². The largest absolute Gasteiger partial charge is 0.481 e. The molecule has 0 atom stereocenters. The molecule has 0 bridgehead atoms. The van der Waals surface area contributed by atoms with Crippen LogP contribution in [0.2, 0.25) is 5.02 Å². The standard InChI is InChI=1S/C18H15ClN2O2/c1-2-9-21-16-8-7-15(10-17(16)23-12-18(21)22)20-11-13-3-5-14(19)6-4-13/h1,3-8,10,20H,9,11-12H2. The summed E-state index contributed by atoms with van der Waals surface area (Å²) in [4.78, 5) is 13.4. The summed E-state index contributed by atoms with van der Waals surface area (Å²) in [6.45, 7) is 0.922. The molecule has 1 N–H and O–H groups in total. The topological polar surface area (TPSA) is 41.6 Å². The van der Waals surface area contributed by atoms with Crippen LogP contribution < -0.4 is 15.0 Å². The number of terminal acetylenes is 1. The summed E-state index contributed by atoms with van der Waals surface area (Å²) in [5.41, 5.74) is 2.74. The lowest BCUT2D eigenvalue weighted by Gasteiger charge is -2.28. The third-order valence-corrected chi connectivity index (χ3v) is 3.81. The van der Waals surface area contributed by atoms with E-state index in [1.54, 1.807) is 4.90 Å². The van der Waals surface area contributed by atoms with Crippen LogP contribution in [-0.4, -0.2) is 19.1 Å². The Hall–Kier alpha value is -2.64. The Labute approximate surface area is 140 Å². The molecule has 2 aromatic carbocycles. The van der Waals surface area contributed by atoms with Crippen molar-refractivity contribution in [1.29, 1.82) is 0 Å². The first-order chi connectivity index (χ1) is 11.2. The molecule has 1 amide bonds. The number of hydrogen-bond acceptors (Lipinski definition) is 3. The molecule has 0 aliphatic carbocycles. The van der Waals surface area contributed by atoms with Crippen molar-refractivity contribution in [2.24, 2.45) is 0 Å². The Balaban J connectivity index is 1.74. The number of amides is 1. The maximum Gasteiger partial charge on any atom is 0.265 e. The molecule has 2 aromatic rings. The van der Waals surface area contributed by atoms with E-state index >= 15 is 0 Å². The average Bonchev–Trinajstić information content (AvgIpc) is 2.57. The molecule has 1 aliphatic rings. The van der Waals surface area contributed by atoms with Gasteiger partial charge in [0.1, 0.15) is 5.75 Å². The van der Waals surface area contributed by atoms with Crippen molar-refractivity contribution < 1.29 is 9.53 Å². The summed E-state index contributed by atoms with van der Waals surface area (Å²) in [7, 11) is 0. The van der Waals surface area contributed by atoms with E-state index in [1.165, 1.54) is 0 Å². The van der Waals surface area contributed by atoms with Crippen LogP contribution in [0.3, 0.4) is 0 Å². The first kappa shape index (κ1) is 15.3. The molecule has 0 aromatic heterocycles. The second-order valence-electron chi connectivity index (χ2n) is 5.14. The third-order valence-electron chi connectivity index (χ3n) is 3.56. The molecule has 23 heavy (non-hydrogen) atoms.